The van der Waals surface area contributed by atoms with Crippen LogP contribution in [-0.4, -0.2) is 35.3 Å². The van der Waals surface area contributed by atoms with E-state index in [4.69, 9.17) is 17.0 Å². The number of methoxy groups -OCH3 is 1. The Bertz CT molecular complexity index is 633. The molecule has 4 nitrogen and oxygen atoms in total. The standard InChI is InChI=1S/C18H23N3OS/c1-14-8-4-5-9-16(14)20-18(23)21(12-13-22-3)15(2)17-10-6-7-11-19-17/h4-11,15H,12-13H2,1-3H3,(H,20,23)/t15-/m1/s1. The summed E-state index contributed by atoms with van der Waals surface area (Å²) in [5.74, 6) is 0. The Morgan fingerprint density at radius 1 is 1.26 bits per heavy atom. The van der Waals surface area contributed by atoms with Crippen LogP contribution >= 0.6 is 12.2 Å². The smallest absolute Gasteiger partial charge is 0.174 e. The van der Waals surface area contributed by atoms with Crippen molar-refractivity contribution in [2.24, 2.45) is 0 Å². The summed E-state index contributed by atoms with van der Waals surface area (Å²) in [7, 11) is 1.70. The highest BCUT2D eigenvalue weighted by atomic mass is 32.1. The number of rotatable bonds is 6. The van der Waals surface area contributed by atoms with Crippen molar-refractivity contribution in [3.63, 3.8) is 0 Å². The number of benzene rings is 1. The first kappa shape index (κ1) is 17.4. The molecule has 23 heavy (non-hydrogen) atoms. The predicted molar refractivity (Wildman–Crippen MR) is 98.6 cm³/mol. The van der Waals surface area contributed by atoms with Gasteiger partial charge in [0.15, 0.2) is 5.11 Å². The third-order valence-corrected chi connectivity index (χ3v) is 4.10. The number of aromatic nitrogens is 1. The lowest BCUT2D eigenvalue weighted by molar-refractivity contribution is 0.164. The van der Waals surface area contributed by atoms with E-state index in [-0.39, 0.29) is 6.04 Å². The molecule has 122 valence electrons. The van der Waals surface area contributed by atoms with Crippen LogP contribution in [0.1, 0.15) is 24.2 Å². The number of nitrogens with zero attached hydrogens (tertiary/aromatic N) is 2. The quantitative estimate of drug-likeness (QED) is 0.816. The van der Waals surface area contributed by atoms with E-state index in [9.17, 15) is 0 Å². The lowest BCUT2D eigenvalue weighted by Crippen LogP contribution is -2.39. The van der Waals surface area contributed by atoms with Gasteiger partial charge in [0.1, 0.15) is 0 Å². The number of thiocarbonyl (C=S) groups is 1. The first-order valence-electron chi connectivity index (χ1n) is 7.66. The van der Waals surface area contributed by atoms with Gasteiger partial charge in [0.2, 0.25) is 0 Å². The van der Waals surface area contributed by atoms with E-state index >= 15 is 0 Å². The van der Waals surface area contributed by atoms with E-state index < -0.39 is 0 Å². The fourth-order valence-corrected chi connectivity index (χ4v) is 2.70. The highest BCUT2D eigenvalue weighted by Crippen LogP contribution is 2.20. The number of nitrogens with one attached hydrogen (secondary N) is 1. The van der Waals surface area contributed by atoms with Crippen molar-refractivity contribution in [2.75, 3.05) is 25.6 Å². The second-order valence-corrected chi connectivity index (χ2v) is 5.75. The zero-order valence-electron chi connectivity index (χ0n) is 13.8. The van der Waals surface area contributed by atoms with Gasteiger partial charge in [-0.25, -0.2) is 0 Å². The molecule has 0 fully saturated rings. The summed E-state index contributed by atoms with van der Waals surface area (Å²) in [6, 6.07) is 14.1. The average Bonchev–Trinajstić information content (AvgIpc) is 2.58. The lowest BCUT2D eigenvalue weighted by Gasteiger charge is -2.31. The number of para-hydroxylation sites is 1. The van der Waals surface area contributed by atoms with Gasteiger partial charge < -0.3 is 15.0 Å². The number of ether oxygens (including phenoxy) is 1. The topological polar surface area (TPSA) is 37.4 Å². The first-order chi connectivity index (χ1) is 11.1. The minimum absolute atomic E-state index is 0.0652. The Morgan fingerprint density at radius 3 is 2.65 bits per heavy atom. The number of aryl methyl sites for hydroxylation is 1. The number of hydrogen-bond acceptors (Lipinski definition) is 3. The number of anilines is 1. The van der Waals surface area contributed by atoms with Crippen molar-refractivity contribution >= 4 is 23.0 Å². The van der Waals surface area contributed by atoms with Gasteiger partial charge in [-0.1, -0.05) is 24.3 Å². The van der Waals surface area contributed by atoms with E-state index in [1.807, 2.05) is 36.4 Å². The Morgan fingerprint density at radius 2 is 2.00 bits per heavy atom. The van der Waals surface area contributed by atoms with Crippen molar-refractivity contribution in [3.05, 3.63) is 59.9 Å². The molecular formula is C18H23N3OS. The van der Waals surface area contributed by atoms with Crippen molar-refractivity contribution in [2.45, 2.75) is 19.9 Å². The molecule has 1 atom stereocenters. The average molecular weight is 329 g/mol. The van der Waals surface area contributed by atoms with Gasteiger partial charge in [0.05, 0.1) is 18.3 Å². The zero-order valence-corrected chi connectivity index (χ0v) is 14.6. The van der Waals surface area contributed by atoms with Crippen LogP contribution in [0, 0.1) is 6.92 Å². The van der Waals surface area contributed by atoms with Crippen LogP contribution in [0.4, 0.5) is 5.69 Å². The van der Waals surface area contributed by atoms with Crippen molar-refractivity contribution in [1.29, 1.82) is 0 Å². The van der Waals surface area contributed by atoms with Gasteiger partial charge >= 0.3 is 0 Å². The van der Waals surface area contributed by atoms with Gasteiger partial charge in [-0.3, -0.25) is 4.98 Å². The molecule has 2 rings (SSSR count). The molecule has 0 aliphatic carbocycles. The molecule has 2 aromatic rings. The number of pyridine rings is 1. The van der Waals surface area contributed by atoms with E-state index in [1.54, 1.807) is 13.3 Å². The van der Waals surface area contributed by atoms with Gasteiger partial charge in [0, 0.05) is 25.5 Å². The zero-order chi connectivity index (χ0) is 16.7. The van der Waals surface area contributed by atoms with Crippen LogP contribution in [-0.2, 0) is 4.74 Å². The maximum absolute atomic E-state index is 5.64. The molecule has 0 radical (unpaired) electrons. The van der Waals surface area contributed by atoms with Crippen LogP contribution in [0.25, 0.3) is 0 Å². The fraction of sp³-hybridized carbons (Fsp3) is 0.333. The summed E-state index contributed by atoms with van der Waals surface area (Å²) >= 11 is 5.64. The van der Waals surface area contributed by atoms with Gasteiger partial charge in [-0.05, 0) is 49.8 Å². The third kappa shape index (κ3) is 4.74. The van der Waals surface area contributed by atoms with Crippen LogP contribution in [0.3, 0.4) is 0 Å². The summed E-state index contributed by atoms with van der Waals surface area (Å²) < 4.78 is 5.23. The molecule has 1 heterocycles. The van der Waals surface area contributed by atoms with Gasteiger partial charge in [0.25, 0.3) is 0 Å². The molecular weight excluding hydrogens is 306 g/mol. The molecule has 0 unspecified atom stereocenters. The van der Waals surface area contributed by atoms with Crippen LogP contribution in [0.5, 0.6) is 0 Å². The second-order valence-electron chi connectivity index (χ2n) is 5.36. The van der Waals surface area contributed by atoms with Crippen molar-refractivity contribution < 1.29 is 4.74 Å². The predicted octanol–water partition coefficient (Wildman–Crippen LogP) is 3.80. The van der Waals surface area contributed by atoms with E-state index in [0.29, 0.717) is 18.3 Å². The minimum atomic E-state index is 0.0652. The number of hydrogen-bond donors (Lipinski definition) is 1. The summed E-state index contributed by atoms with van der Waals surface area (Å²) in [6.45, 7) is 5.47. The van der Waals surface area contributed by atoms with Gasteiger partial charge in [-0.15, -0.1) is 0 Å². The molecule has 1 N–H and O–H groups in total. The second kappa shape index (κ2) is 8.60. The largest absolute Gasteiger partial charge is 0.383 e. The van der Waals surface area contributed by atoms with E-state index in [0.717, 1.165) is 16.9 Å². The van der Waals surface area contributed by atoms with Crippen molar-refractivity contribution in [1.82, 2.24) is 9.88 Å². The van der Waals surface area contributed by atoms with Crippen LogP contribution in [0.15, 0.2) is 48.7 Å². The SMILES string of the molecule is COCCN(C(=S)Nc1ccccc1C)[C@H](C)c1ccccn1. The maximum atomic E-state index is 5.64. The highest BCUT2D eigenvalue weighted by molar-refractivity contribution is 7.80. The van der Waals surface area contributed by atoms with Gasteiger partial charge in [-0.2, -0.15) is 0 Å². The molecule has 0 amide bonds. The molecule has 1 aromatic carbocycles. The fourth-order valence-electron chi connectivity index (χ4n) is 2.34. The summed E-state index contributed by atoms with van der Waals surface area (Å²) in [5.41, 5.74) is 3.16. The monoisotopic (exact) mass is 329 g/mol. The molecule has 0 aliphatic heterocycles. The van der Waals surface area contributed by atoms with E-state index in [2.05, 4.69) is 35.1 Å². The first-order valence-corrected chi connectivity index (χ1v) is 8.07. The summed E-state index contributed by atoms with van der Waals surface area (Å²) in [6.07, 6.45) is 1.80. The lowest BCUT2D eigenvalue weighted by atomic mass is 10.2. The van der Waals surface area contributed by atoms with Crippen LogP contribution < -0.4 is 5.32 Å². The maximum Gasteiger partial charge on any atom is 0.174 e. The Balaban J connectivity index is 2.17. The van der Waals surface area contributed by atoms with Crippen molar-refractivity contribution in [3.8, 4) is 0 Å². The summed E-state index contributed by atoms with van der Waals surface area (Å²) in [5, 5.41) is 4.02. The Hall–Kier alpha value is -1.98. The summed E-state index contributed by atoms with van der Waals surface area (Å²) in [4.78, 5) is 6.55. The normalized spacial score (nSPS) is 11.8. The molecule has 0 saturated carbocycles. The molecule has 1 aromatic heterocycles. The van der Waals surface area contributed by atoms with E-state index in [1.165, 1.54) is 0 Å². The Kier molecular flexibility index (Phi) is 6.50. The highest BCUT2D eigenvalue weighted by Gasteiger charge is 2.19. The van der Waals surface area contributed by atoms with Crippen LogP contribution in [0.2, 0.25) is 0 Å². The third-order valence-electron chi connectivity index (χ3n) is 3.77. The minimum Gasteiger partial charge on any atom is -0.383 e. The molecule has 5 heteroatoms. The molecule has 0 bridgehead atoms. The Labute approximate surface area is 143 Å². The molecule has 0 aliphatic rings. The molecule has 0 spiro atoms. The molecule has 0 saturated heterocycles.